The highest BCUT2D eigenvalue weighted by atomic mass is 32.2. The number of β-amino-alcohol motifs (C(OH)–C–C–N with tert-alkyl or cyclic N) is 1. The predicted molar refractivity (Wildman–Crippen MR) is 133 cm³/mol. The number of aliphatic carboxylic acids is 1. The zero-order valence-corrected chi connectivity index (χ0v) is 21.3. The zero-order chi connectivity index (χ0) is 26.1. The van der Waals surface area contributed by atoms with Gasteiger partial charge in [0.05, 0.1) is 11.7 Å². The third kappa shape index (κ3) is 11.5. The van der Waals surface area contributed by atoms with Crippen molar-refractivity contribution < 1.29 is 28.2 Å². The molecule has 0 aliphatic heterocycles. The second kappa shape index (κ2) is 13.3. The van der Waals surface area contributed by atoms with Crippen LogP contribution >= 0.6 is 11.9 Å². The van der Waals surface area contributed by atoms with Gasteiger partial charge in [0.1, 0.15) is 0 Å². The molecule has 5 nitrogen and oxygen atoms in total. The third-order valence-electron chi connectivity index (χ3n) is 5.58. The first kappa shape index (κ1) is 29.2. The number of likely N-dealkylation sites (N-methyl/N-ethyl adjacent to an activating group) is 1. The summed E-state index contributed by atoms with van der Waals surface area (Å²) in [6.45, 7) is 4.78. The van der Waals surface area contributed by atoms with E-state index in [0.717, 1.165) is 43.3 Å². The van der Waals surface area contributed by atoms with Crippen molar-refractivity contribution in [1.82, 2.24) is 9.62 Å². The molecular weight excluding hydrogens is 477 g/mol. The van der Waals surface area contributed by atoms with E-state index in [0.29, 0.717) is 17.0 Å². The first-order valence-electron chi connectivity index (χ1n) is 11.6. The number of aliphatic hydroxyl groups excluding tert-OH is 1. The largest absolute Gasteiger partial charge is 0.481 e. The highest BCUT2D eigenvalue weighted by Crippen LogP contribution is 2.34. The summed E-state index contributed by atoms with van der Waals surface area (Å²) < 4.78 is 41.6. The maximum Gasteiger partial charge on any atom is 0.416 e. The number of aliphatic hydroxyl groups is 1. The number of benzene rings is 2. The van der Waals surface area contributed by atoms with Crippen LogP contribution in [0, 0.1) is 0 Å². The Labute approximate surface area is 209 Å². The number of carboxylic acid groups (broad SMARTS) is 1. The summed E-state index contributed by atoms with van der Waals surface area (Å²) in [5.41, 5.74) is 0.637. The molecule has 0 spiro atoms. The fourth-order valence-corrected chi connectivity index (χ4v) is 4.70. The highest BCUT2D eigenvalue weighted by Gasteiger charge is 2.31. The minimum absolute atomic E-state index is 0.0163. The molecule has 0 radical (unpaired) electrons. The summed E-state index contributed by atoms with van der Waals surface area (Å²) in [7, 11) is 1.70. The fraction of sp³-hybridized carbons (Fsp3) is 0.500. The first-order chi connectivity index (χ1) is 16.3. The topological polar surface area (TPSA) is 72.8 Å². The van der Waals surface area contributed by atoms with Crippen molar-refractivity contribution in [1.29, 1.82) is 0 Å². The number of hydrogen-bond donors (Lipinski definition) is 3. The standard InChI is InChI=1S/C26H35F3N2O3S/c1-25(2,13-7-10-19-8-5-4-6-9-19)30-17-22(32)18-31(3)35-23-15-20(11-12-24(33)34)14-21(16-23)26(27,28)29/h4-6,8-9,14-16,22,30,32H,7,10-13,17-18H2,1-3H3,(H,33,34)/t22-/m1/s1. The minimum Gasteiger partial charge on any atom is -0.481 e. The van der Waals surface area contributed by atoms with E-state index in [-0.39, 0.29) is 24.9 Å². The van der Waals surface area contributed by atoms with Crippen LogP contribution in [0.25, 0.3) is 0 Å². The quantitative estimate of drug-likeness (QED) is 0.294. The summed E-state index contributed by atoms with van der Waals surface area (Å²) >= 11 is 1.09. The van der Waals surface area contributed by atoms with E-state index < -0.39 is 23.8 Å². The second-order valence-electron chi connectivity index (χ2n) is 9.42. The minimum atomic E-state index is -4.53. The number of nitrogens with one attached hydrogen (secondary N) is 1. The molecule has 0 aliphatic rings. The lowest BCUT2D eigenvalue weighted by Gasteiger charge is -2.29. The van der Waals surface area contributed by atoms with Crippen molar-refractivity contribution in [2.45, 2.75) is 68.7 Å². The monoisotopic (exact) mass is 512 g/mol. The lowest BCUT2D eigenvalue weighted by Crippen LogP contribution is -2.45. The van der Waals surface area contributed by atoms with Gasteiger partial charge >= 0.3 is 12.1 Å². The van der Waals surface area contributed by atoms with E-state index in [4.69, 9.17) is 5.11 Å². The molecule has 0 aliphatic carbocycles. The first-order valence-corrected chi connectivity index (χ1v) is 12.4. The lowest BCUT2D eigenvalue weighted by molar-refractivity contribution is -0.138. The van der Waals surface area contributed by atoms with Crippen LogP contribution in [-0.4, -0.2) is 52.3 Å². The molecule has 3 N–H and O–H groups in total. The van der Waals surface area contributed by atoms with E-state index >= 15 is 0 Å². The van der Waals surface area contributed by atoms with Crippen LogP contribution in [0.4, 0.5) is 13.2 Å². The SMILES string of the molecule is CN(C[C@H](O)CNC(C)(C)CCCc1ccccc1)Sc1cc(CCC(=O)O)cc(C(F)(F)F)c1. The molecule has 2 aromatic rings. The van der Waals surface area contributed by atoms with Gasteiger partial charge in [-0.3, -0.25) is 4.79 Å². The number of halogens is 3. The Morgan fingerprint density at radius 3 is 2.40 bits per heavy atom. The number of alkyl halides is 3. The van der Waals surface area contributed by atoms with Crippen LogP contribution in [0.5, 0.6) is 0 Å². The fourth-order valence-electron chi connectivity index (χ4n) is 3.71. The third-order valence-corrected chi connectivity index (χ3v) is 6.48. The number of nitrogens with zero attached hydrogens (tertiary/aromatic N) is 1. The van der Waals surface area contributed by atoms with Crippen LogP contribution < -0.4 is 5.32 Å². The van der Waals surface area contributed by atoms with Gasteiger partial charge in [0.15, 0.2) is 0 Å². The van der Waals surface area contributed by atoms with Crippen LogP contribution in [0.2, 0.25) is 0 Å². The maximum absolute atomic E-state index is 13.3. The van der Waals surface area contributed by atoms with Gasteiger partial charge in [0, 0.05) is 29.9 Å². The highest BCUT2D eigenvalue weighted by molar-refractivity contribution is 7.97. The predicted octanol–water partition coefficient (Wildman–Crippen LogP) is 5.41. The van der Waals surface area contributed by atoms with Crippen LogP contribution in [0.1, 0.15) is 49.8 Å². The number of carbonyl (C=O) groups is 1. The van der Waals surface area contributed by atoms with E-state index in [1.807, 2.05) is 18.2 Å². The Kier molecular flexibility index (Phi) is 11.1. The number of hydrogen-bond acceptors (Lipinski definition) is 5. The molecule has 1 atom stereocenters. The maximum atomic E-state index is 13.3. The van der Waals surface area contributed by atoms with Crippen LogP contribution in [0.15, 0.2) is 53.4 Å². The van der Waals surface area contributed by atoms with Gasteiger partial charge in [-0.2, -0.15) is 13.2 Å². The van der Waals surface area contributed by atoms with Gasteiger partial charge in [-0.15, -0.1) is 0 Å². The van der Waals surface area contributed by atoms with Gasteiger partial charge in [-0.05, 0) is 87.9 Å². The molecule has 0 unspecified atom stereocenters. The van der Waals surface area contributed by atoms with Gasteiger partial charge in [-0.25, -0.2) is 4.31 Å². The number of aryl methyl sites for hydroxylation is 2. The Hall–Kier alpha value is -2.07. The van der Waals surface area contributed by atoms with Crippen LogP contribution in [0.3, 0.4) is 0 Å². The molecule has 0 saturated heterocycles. The average Bonchev–Trinajstić information content (AvgIpc) is 2.76. The van der Waals surface area contributed by atoms with E-state index in [1.165, 1.54) is 5.56 Å². The molecule has 35 heavy (non-hydrogen) atoms. The smallest absolute Gasteiger partial charge is 0.416 e. The van der Waals surface area contributed by atoms with Crippen molar-refractivity contribution >= 4 is 17.9 Å². The molecule has 0 saturated carbocycles. The Morgan fingerprint density at radius 1 is 1.09 bits per heavy atom. The summed E-state index contributed by atoms with van der Waals surface area (Å²) in [6, 6.07) is 13.9. The average molecular weight is 513 g/mol. The molecule has 0 heterocycles. The molecule has 0 fully saturated rings. The summed E-state index contributed by atoms with van der Waals surface area (Å²) in [4.78, 5) is 11.2. The van der Waals surface area contributed by atoms with E-state index in [2.05, 4.69) is 31.3 Å². The molecule has 194 valence electrons. The van der Waals surface area contributed by atoms with Crippen LogP contribution in [-0.2, 0) is 23.8 Å². The molecule has 0 aromatic heterocycles. The Bertz CT molecular complexity index is 939. The molecule has 9 heteroatoms. The lowest BCUT2D eigenvalue weighted by atomic mass is 9.95. The van der Waals surface area contributed by atoms with Gasteiger partial charge in [-0.1, -0.05) is 30.3 Å². The summed E-state index contributed by atoms with van der Waals surface area (Å²) in [6.07, 6.45) is -2.53. The Morgan fingerprint density at radius 2 is 1.77 bits per heavy atom. The van der Waals surface area contributed by atoms with Crippen molar-refractivity contribution in [3.8, 4) is 0 Å². The normalized spacial score (nSPS) is 13.3. The van der Waals surface area contributed by atoms with E-state index in [9.17, 15) is 23.1 Å². The van der Waals surface area contributed by atoms with E-state index in [1.54, 1.807) is 17.4 Å². The molecule has 0 amide bonds. The van der Waals surface area contributed by atoms with Crippen molar-refractivity contribution in [2.75, 3.05) is 20.1 Å². The Balaban J connectivity index is 1.86. The molecule has 0 bridgehead atoms. The van der Waals surface area contributed by atoms with Crippen molar-refractivity contribution in [3.63, 3.8) is 0 Å². The van der Waals surface area contributed by atoms with Gasteiger partial charge in [0.25, 0.3) is 0 Å². The summed E-state index contributed by atoms with van der Waals surface area (Å²) in [5, 5.41) is 22.7. The zero-order valence-electron chi connectivity index (χ0n) is 20.4. The number of carboxylic acids is 1. The molecule has 2 rings (SSSR count). The van der Waals surface area contributed by atoms with Gasteiger partial charge in [0.2, 0.25) is 0 Å². The number of rotatable bonds is 14. The molecular formula is C26H35F3N2O3S. The van der Waals surface area contributed by atoms with Crippen molar-refractivity contribution in [3.05, 3.63) is 65.2 Å². The van der Waals surface area contributed by atoms with Crippen molar-refractivity contribution in [2.24, 2.45) is 0 Å². The van der Waals surface area contributed by atoms with Gasteiger partial charge < -0.3 is 15.5 Å². The molecule has 2 aromatic carbocycles. The summed E-state index contributed by atoms with van der Waals surface area (Å²) in [5.74, 6) is -1.06. The second-order valence-corrected chi connectivity index (χ2v) is 10.7.